The van der Waals surface area contributed by atoms with Crippen LogP contribution in [-0.4, -0.2) is 46.8 Å². The normalized spacial score (nSPS) is 17.1. The number of rotatable bonds is 1. The number of ether oxygens (including phenoxy) is 1. The molecule has 1 saturated heterocycles. The summed E-state index contributed by atoms with van der Waals surface area (Å²) >= 11 is 0. The molecule has 1 aliphatic rings. The lowest BCUT2D eigenvalue weighted by Gasteiger charge is -2.28. The minimum atomic E-state index is 0.543. The molecule has 2 heterocycles. The van der Waals surface area contributed by atoms with Gasteiger partial charge in [-0.25, -0.2) is 0 Å². The average molecular weight is 194 g/mol. The summed E-state index contributed by atoms with van der Waals surface area (Å²) in [5, 5.41) is 12.0. The zero-order valence-electron chi connectivity index (χ0n) is 8.23. The van der Waals surface area contributed by atoms with Crippen molar-refractivity contribution in [2.24, 2.45) is 7.05 Å². The lowest BCUT2D eigenvalue weighted by atomic mass is 10.3. The van der Waals surface area contributed by atoms with E-state index in [1.807, 2.05) is 18.1 Å². The molecule has 0 radical (unpaired) electrons. The van der Waals surface area contributed by atoms with E-state index in [4.69, 9.17) is 10.1 Å². The van der Waals surface area contributed by atoms with Crippen molar-refractivity contribution in [3.63, 3.8) is 0 Å². The largest absolute Gasteiger partial charge is 0.378 e. The number of hydrogen-bond acceptors (Lipinski definition) is 3. The second-order valence-electron chi connectivity index (χ2n) is 3.35. The van der Waals surface area contributed by atoms with Gasteiger partial charge in [-0.1, -0.05) is 0 Å². The number of aromatic nitrogens is 2. The highest BCUT2D eigenvalue weighted by molar-refractivity contribution is 5.95. The summed E-state index contributed by atoms with van der Waals surface area (Å²) in [5.74, 6) is 0.543. The first-order chi connectivity index (χ1) is 6.77. The predicted octanol–water partition coefficient (Wildman–Crippen LogP) is 0.0777. The van der Waals surface area contributed by atoms with E-state index >= 15 is 0 Å². The second-order valence-corrected chi connectivity index (χ2v) is 3.35. The Bertz CT molecular complexity index is 327. The molecule has 0 atom stereocenters. The molecule has 0 bridgehead atoms. The molecular formula is C9H14N4O. The average Bonchev–Trinajstić information content (AvgIpc) is 2.65. The first-order valence-corrected chi connectivity index (χ1v) is 4.67. The van der Waals surface area contributed by atoms with Crippen LogP contribution in [-0.2, 0) is 11.8 Å². The SMILES string of the molecule is Cn1cc(C(=N)N2CCOCC2)cn1. The van der Waals surface area contributed by atoms with Crippen molar-refractivity contribution in [3.8, 4) is 0 Å². The van der Waals surface area contributed by atoms with Gasteiger partial charge in [0.15, 0.2) is 0 Å². The van der Waals surface area contributed by atoms with E-state index in [0.717, 1.165) is 18.7 Å². The van der Waals surface area contributed by atoms with Crippen LogP contribution in [0.1, 0.15) is 5.56 Å². The molecule has 5 heteroatoms. The topological polar surface area (TPSA) is 54.1 Å². The summed E-state index contributed by atoms with van der Waals surface area (Å²) in [6.07, 6.45) is 3.58. The van der Waals surface area contributed by atoms with Crippen LogP contribution in [0.3, 0.4) is 0 Å². The predicted molar refractivity (Wildman–Crippen MR) is 52.4 cm³/mol. The van der Waals surface area contributed by atoms with Crippen molar-refractivity contribution < 1.29 is 4.74 Å². The lowest BCUT2D eigenvalue weighted by Crippen LogP contribution is -2.40. The zero-order chi connectivity index (χ0) is 9.97. The Balaban J connectivity index is 2.07. The molecular weight excluding hydrogens is 180 g/mol. The standard InChI is InChI=1S/C9H14N4O/c1-12-7-8(6-11-12)9(10)13-2-4-14-5-3-13/h6-7,10H,2-5H2,1H3. The molecule has 1 N–H and O–H groups in total. The summed E-state index contributed by atoms with van der Waals surface area (Å²) in [4.78, 5) is 2.01. The van der Waals surface area contributed by atoms with E-state index < -0.39 is 0 Å². The van der Waals surface area contributed by atoms with E-state index in [1.165, 1.54) is 0 Å². The summed E-state index contributed by atoms with van der Waals surface area (Å²) in [7, 11) is 1.86. The van der Waals surface area contributed by atoms with E-state index in [9.17, 15) is 0 Å². The fourth-order valence-electron chi connectivity index (χ4n) is 1.51. The highest BCUT2D eigenvalue weighted by Crippen LogP contribution is 2.05. The molecule has 0 saturated carbocycles. The minimum absolute atomic E-state index is 0.543. The lowest BCUT2D eigenvalue weighted by molar-refractivity contribution is 0.0680. The number of nitrogens with one attached hydrogen (secondary N) is 1. The third-order valence-electron chi connectivity index (χ3n) is 2.31. The smallest absolute Gasteiger partial charge is 0.131 e. The van der Waals surface area contributed by atoms with Crippen molar-refractivity contribution in [3.05, 3.63) is 18.0 Å². The Labute approximate surface area is 82.8 Å². The van der Waals surface area contributed by atoms with E-state index in [1.54, 1.807) is 10.9 Å². The quantitative estimate of drug-likeness (QED) is 0.508. The molecule has 0 aliphatic carbocycles. The van der Waals surface area contributed by atoms with Crippen molar-refractivity contribution >= 4 is 5.84 Å². The third-order valence-corrected chi connectivity index (χ3v) is 2.31. The van der Waals surface area contributed by atoms with Crippen molar-refractivity contribution in [2.75, 3.05) is 26.3 Å². The number of aryl methyl sites for hydroxylation is 1. The molecule has 2 rings (SSSR count). The molecule has 1 aromatic heterocycles. The molecule has 0 spiro atoms. The van der Waals surface area contributed by atoms with Gasteiger partial charge in [0.2, 0.25) is 0 Å². The summed E-state index contributed by atoms with van der Waals surface area (Å²) in [6, 6.07) is 0. The van der Waals surface area contributed by atoms with Gasteiger partial charge >= 0.3 is 0 Å². The number of hydrogen-bond donors (Lipinski definition) is 1. The van der Waals surface area contributed by atoms with Gasteiger partial charge < -0.3 is 9.64 Å². The Morgan fingerprint density at radius 1 is 1.50 bits per heavy atom. The van der Waals surface area contributed by atoms with Gasteiger partial charge in [0.05, 0.1) is 25.0 Å². The first-order valence-electron chi connectivity index (χ1n) is 4.67. The Morgan fingerprint density at radius 2 is 2.21 bits per heavy atom. The van der Waals surface area contributed by atoms with Gasteiger partial charge in [-0.3, -0.25) is 10.1 Å². The fourth-order valence-corrected chi connectivity index (χ4v) is 1.51. The number of amidine groups is 1. The highest BCUT2D eigenvalue weighted by atomic mass is 16.5. The van der Waals surface area contributed by atoms with Crippen LogP contribution in [0, 0.1) is 5.41 Å². The molecule has 1 aromatic rings. The van der Waals surface area contributed by atoms with Crippen molar-refractivity contribution in [1.29, 1.82) is 5.41 Å². The van der Waals surface area contributed by atoms with Crippen LogP contribution in [0.4, 0.5) is 0 Å². The Morgan fingerprint density at radius 3 is 2.79 bits per heavy atom. The molecule has 0 unspecified atom stereocenters. The minimum Gasteiger partial charge on any atom is -0.378 e. The molecule has 14 heavy (non-hydrogen) atoms. The van der Waals surface area contributed by atoms with Gasteiger partial charge in [-0.15, -0.1) is 0 Å². The third kappa shape index (κ3) is 1.77. The van der Waals surface area contributed by atoms with Crippen LogP contribution < -0.4 is 0 Å². The summed E-state index contributed by atoms with van der Waals surface area (Å²) < 4.78 is 6.94. The van der Waals surface area contributed by atoms with Gasteiger partial charge in [-0.05, 0) is 0 Å². The number of morpholine rings is 1. The zero-order valence-corrected chi connectivity index (χ0v) is 8.23. The maximum Gasteiger partial charge on any atom is 0.131 e. The summed E-state index contributed by atoms with van der Waals surface area (Å²) in [5.41, 5.74) is 0.870. The highest BCUT2D eigenvalue weighted by Gasteiger charge is 2.15. The van der Waals surface area contributed by atoms with Crippen LogP contribution in [0.5, 0.6) is 0 Å². The molecule has 1 fully saturated rings. The van der Waals surface area contributed by atoms with Crippen LogP contribution in [0.15, 0.2) is 12.4 Å². The maximum absolute atomic E-state index is 7.95. The van der Waals surface area contributed by atoms with Crippen molar-refractivity contribution in [1.82, 2.24) is 14.7 Å². The molecule has 1 aliphatic heterocycles. The molecule has 76 valence electrons. The van der Waals surface area contributed by atoms with Crippen LogP contribution in [0.25, 0.3) is 0 Å². The number of nitrogens with zero attached hydrogens (tertiary/aromatic N) is 3. The molecule has 0 aromatic carbocycles. The van der Waals surface area contributed by atoms with Gasteiger partial charge in [0, 0.05) is 26.3 Å². The second kappa shape index (κ2) is 3.79. The maximum atomic E-state index is 7.95. The van der Waals surface area contributed by atoms with Crippen LogP contribution >= 0.6 is 0 Å². The van der Waals surface area contributed by atoms with Gasteiger partial charge in [-0.2, -0.15) is 5.10 Å². The van der Waals surface area contributed by atoms with E-state index in [-0.39, 0.29) is 0 Å². The van der Waals surface area contributed by atoms with Crippen molar-refractivity contribution in [2.45, 2.75) is 0 Å². The Kier molecular flexibility index (Phi) is 2.49. The molecule has 0 amide bonds. The Hall–Kier alpha value is -1.36. The van der Waals surface area contributed by atoms with E-state index in [0.29, 0.717) is 19.0 Å². The van der Waals surface area contributed by atoms with Crippen LogP contribution in [0.2, 0.25) is 0 Å². The molecule has 5 nitrogen and oxygen atoms in total. The summed E-state index contributed by atoms with van der Waals surface area (Å²) in [6.45, 7) is 3.02. The monoisotopic (exact) mass is 194 g/mol. The van der Waals surface area contributed by atoms with Gasteiger partial charge in [0.1, 0.15) is 5.84 Å². The fraction of sp³-hybridized carbons (Fsp3) is 0.556. The van der Waals surface area contributed by atoms with E-state index in [2.05, 4.69) is 5.10 Å². The first kappa shape index (κ1) is 9.21. The van der Waals surface area contributed by atoms with Gasteiger partial charge in [0.25, 0.3) is 0 Å².